The van der Waals surface area contributed by atoms with Crippen LogP contribution >= 0.6 is 23.2 Å². The molecule has 0 aliphatic heterocycles. The molecule has 0 bridgehead atoms. The van der Waals surface area contributed by atoms with Gasteiger partial charge in [0.2, 0.25) is 11.8 Å². The van der Waals surface area contributed by atoms with Crippen LogP contribution in [0.1, 0.15) is 50.3 Å². The van der Waals surface area contributed by atoms with Gasteiger partial charge in [0.25, 0.3) is 0 Å². The Morgan fingerprint density at radius 2 is 1.60 bits per heavy atom. The summed E-state index contributed by atoms with van der Waals surface area (Å²) in [6.07, 6.45) is 1.51. The first-order valence-corrected chi connectivity index (χ1v) is 11.1. The van der Waals surface area contributed by atoms with Gasteiger partial charge in [0.1, 0.15) is 6.04 Å². The minimum absolute atomic E-state index is 0.0537. The van der Waals surface area contributed by atoms with Crippen LogP contribution in [0.4, 0.5) is 0 Å². The van der Waals surface area contributed by atoms with Gasteiger partial charge in [-0.15, -0.1) is 0 Å². The summed E-state index contributed by atoms with van der Waals surface area (Å²) in [6, 6.07) is 12.7. The molecule has 0 aromatic heterocycles. The Kier molecular flexibility index (Phi) is 9.19. The Bertz CT molecular complexity index is 868. The summed E-state index contributed by atoms with van der Waals surface area (Å²) in [5, 5.41) is 3.88. The van der Waals surface area contributed by atoms with Gasteiger partial charge in [-0.3, -0.25) is 9.59 Å². The van der Waals surface area contributed by atoms with Crippen molar-refractivity contribution >= 4 is 35.0 Å². The lowest BCUT2D eigenvalue weighted by molar-refractivity contribution is -0.141. The standard InChI is InChI=1S/C24H30Cl2N2O2/c1-5-17(4)27-24(30)22(6-2)28(15-18-9-7-16(3)8-10-18)23(29)14-19-11-12-20(25)21(26)13-19/h7-13,17,22H,5-6,14-15H2,1-4H3,(H,27,30)/t17-,22+/m1/s1. The SMILES string of the molecule is CC[C@@H](C)NC(=O)[C@H](CC)N(Cc1ccc(C)cc1)C(=O)Cc1ccc(Cl)c(Cl)c1. The number of benzene rings is 2. The van der Waals surface area contributed by atoms with Crippen LogP contribution in [0, 0.1) is 6.92 Å². The highest BCUT2D eigenvalue weighted by molar-refractivity contribution is 6.42. The van der Waals surface area contributed by atoms with Crippen molar-refractivity contribution in [2.24, 2.45) is 0 Å². The van der Waals surface area contributed by atoms with Gasteiger partial charge < -0.3 is 10.2 Å². The van der Waals surface area contributed by atoms with Crippen LogP contribution in [-0.4, -0.2) is 28.8 Å². The van der Waals surface area contributed by atoms with Gasteiger partial charge in [-0.2, -0.15) is 0 Å². The van der Waals surface area contributed by atoms with Gasteiger partial charge in [0.15, 0.2) is 0 Å². The zero-order valence-corrected chi connectivity index (χ0v) is 19.6. The van der Waals surface area contributed by atoms with Gasteiger partial charge in [-0.05, 0) is 49.9 Å². The smallest absolute Gasteiger partial charge is 0.243 e. The molecule has 0 unspecified atom stereocenters. The molecule has 2 amide bonds. The zero-order chi connectivity index (χ0) is 22.3. The topological polar surface area (TPSA) is 49.4 Å². The minimum atomic E-state index is -0.546. The molecule has 0 aliphatic carbocycles. The summed E-state index contributed by atoms with van der Waals surface area (Å²) in [6.45, 7) is 8.30. The van der Waals surface area contributed by atoms with Crippen molar-refractivity contribution in [1.29, 1.82) is 0 Å². The molecule has 2 aromatic carbocycles. The monoisotopic (exact) mass is 448 g/mol. The first kappa shape index (κ1) is 24.2. The number of rotatable bonds is 9. The Labute approximate surface area is 189 Å². The molecule has 30 heavy (non-hydrogen) atoms. The number of hydrogen-bond acceptors (Lipinski definition) is 2. The van der Waals surface area contributed by atoms with Crippen LogP contribution in [0.3, 0.4) is 0 Å². The quantitative estimate of drug-likeness (QED) is 0.545. The second-order valence-electron chi connectivity index (χ2n) is 7.67. The molecule has 0 spiro atoms. The van der Waals surface area contributed by atoms with E-state index < -0.39 is 6.04 Å². The third kappa shape index (κ3) is 6.75. The Hall–Kier alpha value is -2.04. The van der Waals surface area contributed by atoms with Crippen LogP contribution < -0.4 is 5.32 Å². The van der Waals surface area contributed by atoms with Gasteiger partial charge in [0, 0.05) is 12.6 Å². The van der Waals surface area contributed by atoms with Crippen molar-refractivity contribution < 1.29 is 9.59 Å². The number of hydrogen-bond donors (Lipinski definition) is 1. The first-order valence-electron chi connectivity index (χ1n) is 10.3. The highest BCUT2D eigenvalue weighted by atomic mass is 35.5. The summed E-state index contributed by atoms with van der Waals surface area (Å²) in [5.74, 6) is -0.249. The number of carbonyl (C=O) groups is 2. The molecule has 2 atom stereocenters. The van der Waals surface area contributed by atoms with E-state index in [4.69, 9.17) is 23.2 Å². The highest BCUT2D eigenvalue weighted by Gasteiger charge is 2.29. The fraction of sp³-hybridized carbons (Fsp3) is 0.417. The van der Waals surface area contributed by atoms with E-state index in [0.717, 1.165) is 23.1 Å². The van der Waals surface area contributed by atoms with Crippen molar-refractivity contribution in [3.63, 3.8) is 0 Å². The summed E-state index contributed by atoms with van der Waals surface area (Å²) >= 11 is 12.1. The second-order valence-corrected chi connectivity index (χ2v) is 8.49. The van der Waals surface area contributed by atoms with Crippen molar-refractivity contribution in [3.05, 3.63) is 69.2 Å². The van der Waals surface area contributed by atoms with Crippen molar-refractivity contribution in [2.45, 2.75) is 65.6 Å². The largest absolute Gasteiger partial charge is 0.352 e. The summed E-state index contributed by atoms with van der Waals surface area (Å²) in [7, 11) is 0. The molecular weight excluding hydrogens is 419 g/mol. The Balaban J connectivity index is 2.30. The summed E-state index contributed by atoms with van der Waals surface area (Å²) < 4.78 is 0. The normalized spacial score (nSPS) is 12.9. The molecule has 1 N–H and O–H groups in total. The maximum Gasteiger partial charge on any atom is 0.243 e. The molecule has 2 aromatic rings. The van der Waals surface area contributed by atoms with Crippen LogP contribution in [-0.2, 0) is 22.6 Å². The molecular formula is C24H30Cl2N2O2. The molecule has 162 valence electrons. The molecule has 2 rings (SSSR count). The predicted molar refractivity (Wildman–Crippen MR) is 124 cm³/mol. The van der Waals surface area contributed by atoms with E-state index in [1.54, 1.807) is 23.1 Å². The van der Waals surface area contributed by atoms with Crippen LogP contribution in [0.2, 0.25) is 10.0 Å². The molecule has 0 saturated carbocycles. The van der Waals surface area contributed by atoms with Gasteiger partial charge in [-0.25, -0.2) is 0 Å². The van der Waals surface area contributed by atoms with E-state index in [2.05, 4.69) is 5.32 Å². The molecule has 0 heterocycles. The number of nitrogens with zero attached hydrogens (tertiary/aromatic N) is 1. The predicted octanol–water partition coefficient (Wildman–Crippen LogP) is 5.57. The van der Waals surface area contributed by atoms with E-state index >= 15 is 0 Å². The summed E-state index contributed by atoms with van der Waals surface area (Å²) in [4.78, 5) is 27.9. The van der Waals surface area contributed by atoms with E-state index in [1.807, 2.05) is 52.0 Å². The molecule has 0 saturated heterocycles. The summed E-state index contributed by atoms with van der Waals surface area (Å²) in [5.41, 5.74) is 2.90. The minimum Gasteiger partial charge on any atom is -0.352 e. The van der Waals surface area contributed by atoms with Gasteiger partial charge in [-0.1, -0.05) is 72.9 Å². The van der Waals surface area contributed by atoms with E-state index in [9.17, 15) is 9.59 Å². The van der Waals surface area contributed by atoms with E-state index in [-0.39, 0.29) is 24.3 Å². The molecule has 0 aliphatic rings. The third-order valence-electron chi connectivity index (χ3n) is 5.20. The number of halogens is 2. The van der Waals surface area contributed by atoms with Crippen LogP contribution in [0.5, 0.6) is 0 Å². The molecule has 6 heteroatoms. The number of amides is 2. The van der Waals surface area contributed by atoms with Crippen LogP contribution in [0.15, 0.2) is 42.5 Å². The van der Waals surface area contributed by atoms with Crippen LogP contribution in [0.25, 0.3) is 0 Å². The Morgan fingerprint density at radius 3 is 2.17 bits per heavy atom. The zero-order valence-electron chi connectivity index (χ0n) is 18.0. The van der Waals surface area contributed by atoms with Crippen molar-refractivity contribution in [2.75, 3.05) is 0 Å². The average molecular weight is 449 g/mol. The number of nitrogens with one attached hydrogen (secondary N) is 1. The molecule has 0 radical (unpaired) electrons. The maximum absolute atomic E-state index is 13.3. The maximum atomic E-state index is 13.3. The number of aryl methyl sites for hydroxylation is 1. The highest BCUT2D eigenvalue weighted by Crippen LogP contribution is 2.23. The molecule has 4 nitrogen and oxygen atoms in total. The fourth-order valence-electron chi connectivity index (χ4n) is 3.18. The van der Waals surface area contributed by atoms with Crippen molar-refractivity contribution in [1.82, 2.24) is 10.2 Å². The first-order chi connectivity index (χ1) is 14.2. The van der Waals surface area contributed by atoms with E-state index in [1.165, 1.54) is 0 Å². The molecule has 0 fully saturated rings. The average Bonchev–Trinajstić information content (AvgIpc) is 2.71. The lowest BCUT2D eigenvalue weighted by Crippen LogP contribution is -2.51. The fourth-order valence-corrected chi connectivity index (χ4v) is 3.50. The lowest BCUT2D eigenvalue weighted by Gasteiger charge is -2.31. The van der Waals surface area contributed by atoms with Crippen molar-refractivity contribution in [3.8, 4) is 0 Å². The lowest BCUT2D eigenvalue weighted by atomic mass is 10.1. The van der Waals surface area contributed by atoms with Gasteiger partial charge >= 0.3 is 0 Å². The second kappa shape index (κ2) is 11.4. The van der Waals surface area contributed by atoms with Gasteiger partial charge in [0.05, 0.1) is 16.5 Å². The third-order valence-corrected chi connectivity index (χ3v) is 5.94. The van der Waals surface area contributed by atoms with E-state index in [0.29, 0.717) is 23.0 Å². The Morgan fingerprint density at radius 1 is 0.967 bits per heavy atom. The number of carbonyl (C=O) groups excluding carboxylic acids is 2.